The van der Waals surface area contributed by atoms with E-state index in [2.05, 4.69) is 9.97 Å². The van der Waals surface area contributed by atoms with E-state index in [0.717, 1.165) is 27.9 Å². The second-order valence-electron chi connectivity index (χ2n) is 4.63. The van der Waals surface area contributed by atoms with E-state index in [0.29, 0.717) is 12.3 Å². The molecule has 20 heavy (non-hydrogen) atoms. The van der Waals surface area contributed by atoms with E-state index in [1.807, 2.05) is 42.6 Å². The minimum atomic E-state index is -0.388. The van der Waals surface area contributed by atoms with Crippen LogP contribution in [0, 0.1) is 13.8 Å². The second-order valence-corrected chi connectivity index (χ2v) is 4.63. The number of fused-ring (bicyclic) bond motifs is 3. The summed E-state index contributed by atoms with van der Waals surface area (Å²) in [6.45, 7) is 5.86. The number of esters is 1. The number of ether oxygens (including phenoxy) is 1. The number of nitrogens with zero attached hydrogens (tertiary/aromatic N) is 3. The van der Waals surface area contributed by atoms with E-state index in [1.165, 1.54) is 0 Å². The number of carbonyl (C=O) groups is 1. The molecule has 0 N–H and O–H groups in total. The topological polar surface area (TPSA) is 56.5 Å². The Morgan fingerprint density at radius 3 is 2.85 bits per heavy atom. The normalized spacial score (nSPS) is 11.2. The quantitative estimate of drug-likeness (QED) is 0.671. The van der Waals surface area contributed by atoms with E-state index >= 15 is 0 Å². The van der Waals surface area contributed by atoms with Gasteiger partial charge in [0.15, 0.2) is 5.69 Å². The summed E-state index contributed by atoms with van der Waals surface area (Å²) in [5.41, 5.74) is 4.47. The van der Waals surface area contributed by atoms with Crippen LogP contribution in [0.3, 0.4) is 0 Å². The minimum Gasteiger partial charge on any atom is -0.461 e. The molecule has 0 aliphatic heterocycles. The summed E-state index contributed by atoms with van der Waals surface area (Å²) in [5, 5.41) is 0. The van der Waals surface area contributed by atoms with Crippen LogP contribution in [-0.2, 0) is 4.74 Å². The van der Waals surface area contributed by atoms with Crippen molar-refractivity contribution in [1.82, 2.24) is 14.4 Å². The zero-order chi connectivity index (χ0) is 14.3. The van der Waals surface area contributed by atoms with Crippen LogP contribution in [0.25, 0.3) is 16.7 Å². The van der Waals surface area contributed by atoms with Gasteiger partial charge in [-0.1, -0.05) is 6.07 Å². The second kappa shape index (κ2) is 4.59. The molecular weight excluding hydrogens is 254 g/mol. The molecule has 0 spiro atoms. The summed E-state index contributed by atoms with van der Waals surface area (Å²) in [5.74, 6) is -0.388. The number of aryl methyl sites for hydroxylation is 2. The van der Waals surface area contributed by atoms with Gasteiger partial charge in [0.05, 0.1) is 17.8 Å². The first-order valence-corrected chi connectivity index (χ1v) is 6.54. The monoisotopic (exact) mass is 269 g/mol. The Bertz CT molecular complexity index is 821. The van der Waals surface area contributed by atoms with Gasteiger partial charge >= 0.3 is 5.97 Å². The Labute approximate surface area is 116 Å². The fourth-order valence-electron chi connectivity index (χ4n) is 2.42. The van der Waals surface area contributed by atoms with Crippen molar-refractivity contribution in [1.29, 1.82) is 0 Å². The van der Waals surface area contributed by atoms with E-state index in [-0.39, 0.29) is 5.97 Å². The Balaban J connectivity index is 2.38. The van der Waals surface area contributed by atoms with Crippen molar-refractivity contribution >= 4 is 22.6 Å². The van der Waals surface area contributed by atoms with Gasteiger partial charge < -0.3 is 4.74 Å². The molecule has 3 aromatic rings. The smallest absolute Gasteiger partial charge is 0.357 e. The first-order valence-electron chi connectivity index (χ1n) is 6.54. The van der Waals surface area contributed by atoms with Crippen LogP contribution in [0.1, 0.15) is 28.7 Å². The van der Waals surface area contributed by atoms with Gasteiger partial charge in [0, 0.05) is 11.8 Å². The molecule has 0 fully saturated rings. The summed E-state index contributed by atoms with van der Waals surface area (Å²) in [6.07, 6.45) is 1.94. The van der Waals surface area contributed by atoms with Gasteiger partial charge in [-0.3, -0.25) is 4.40 Å². The number of imidazole rings is 1. The van der Waals surface area contributed by atoms with Crippen molar-refractivity contribution in [2.24, 2.45) is 0 Å². The molecule has 0 atom stereocenters. The highest BCUT2D eigenvalue weighted by atomic mass is 16.5. The molecular formula is C15H15N3O2. The van der Waals surface area contributed by atoms with Crippen molar-refractivity contribution < 1.29 is 9.53 Å². The maximum absolute atomic E-state index is 12.0. The van der Waals surface area contributed by atoms with Gasteiger partial charge in [-0.2, -0.15) is 0 Å². The van der Waals surface area contributed by atoms with Crippen LogP contribution in [0.2, 0.25) is 0 Å². The third kappa shape index (κ3) is 1.74. The lowest BCUT2D eigenvalue weighted by Crippen LogP contribution is -2.11. The van der Waals surface area contributed by atoms with E-state index in [4.69, 9.17) is 4.74 Å². The van der Waals surface area contributed by atoms with Crippen LogP contribution < -0.4 is 0 Å². The summed E-state index contributed by atoms with van der Waals surface area (Å²) in [6, 6.07) is 5.81. The minimum absolute atomic E-state index is 0.337. The van der Waals surface area contributed by atoms with Crippen molar-refractivity contribution in [3.8, 4) is 0 Å². The summed E-state index contributed by atoms with van der Waals surface area (Å²) in [7, 11) is 0. The summed E-state index contributed by atoms with van der Waals surface area (Å²) >= 11 is 0. The van der Waals surface area contributed by atoms with Gasteiger partial charge in [-0.25, -0.2) is 14.8 Å². The standard InChI is InChI=1S/C15H15N3O2/c1-4-20-15(19)12-9(2)14-13(10(3)16-12)17-11-7-5-6-8-18(11)14/h5-8H,4H2,1-3H3. The van der Waals surface area contributed by atoms with Crippen LogP contribution in [0.4, 0.5) is 0 Å². The number of aromatic nitrogens is 3. The average molecular weight is 269 g/mol. The lowest BCUT2D eigenvalue weighted by molar-refractivity contribution is 0.0518. The molecule has 3 rings (SSSR count). The van der Waals surface area contributed by atoms with E-state index < -0.39 is 0 Å². The number of carbonyl (C=O) groups excluding carboxylic acids is 1. The van der Waals surface area contributed by atoms with Crippen molar-refractivity contribution in [3.05, 3.63) is 41.3 Å². The van der Waals surface area contributed by atoms with Gasteiger partial charge in [-0.05, 0) is 32.9 Å². The maximum atomic E-state index is 12.0. The molecule has 5 nitrogen and oxygen atoms in total. The highest BCUT2D eigenvalue weighted by Crippen LogP contribution is 2.24. The number of hydrogen-bond donors (Lipinski definition) is 0. The van der Waals surface area contributed by atoms with Crippen LogP contribution >= 0.6 is 0 Å². The van der Waals surface area contributed by atoms with E-state index in [9.17, 15) is 4.79 Å². The molecule has 0 radical (unpaired) electrons. The maximum Gasteiger partial charge on any atom is 0.357 e. The van der Waals surface area contributed by atoms with E-state index in [1.54, 1.807) is 6.92 Å². The third-order valence-corrected chi connectivity index (χ3v) is 3.33. The fourth-order valence-corrected chi connectivity index (χ4v) is 2.42. The zero-order valence-corrected chi connectivity index (χ0v) is 11.7. The Kier molecular flexibility index (Phi) is 2.89. The molecule has 0 saturated heterocycles. The van der Waals surface area contributed by atoms with Crippen molar-refractivity contribution in [3.63, 3.8) is 0 Å². The molecule has 3 aromatic heterocycles. The van der Waals surface area contributed by atoms with Gasteiger partial charge in [0.25, 0.3) is 0 Å². The average Bonchev–Trinajstić information content (AvgIpc) is 2.83. The summed E-state index contributed by atoms with van der Waals surface area (Å²) in [4.78, 5) is 20.9. The predicted molar refractivity (Wildman–Crippen MR) is 75.9 cm³/mol. The van der Waals surface area contributed by atoms with Crippen LogP contribution in [0.5, 0.6) is 0 Å². The first-order chi connectivity index (χ1) is 9.63. The molecule has 0 saturated carbocycles. The van der Waals surface area contributed by atoms with Crippen molar-refractivity contribution in [2.45, 2.75) is 20.8 Å². The predicted octanol–water partition coefficient (Wildman–Crippen LogP) is 2.68. The molecule has 0 aromatic carbocycles. The zero-order valence-electron chi connectivity index (χ0n) is 11.7. The molecule has 3 heterocycles. The van der Waals surface area contributed by atoms with Crippen molar-refractivity contribution in [2.75, 3.05) is 6.61 Å². The largest absolute Gasteiger partial charge is 0.461 e. The lowest BCUT2D eigenvalue weighted by Gasteiger charge is -2.07. The highest BCUT2D eigenvalue weighted by Gasteiger charge is 2.19. The molecule has 5 heteroatoms. The Hall–Kier alpha value is -2.43. The number of pyridine rings is 2. The molecule has 102 valence electrons. The Morgan fingerprint density at radius 1 is 1.30 bits per heavy atom. The molecule has 0 bridgehead atoms. The molecule has 0 amide bonds. The first kappa shape index (κ1) is 12.6. The Morgan fingerprint density at radius 2 is 2.10 bits per heavy atom. The number of hydrogen-bond acceptors (Lipinski definition) is 4. The highest BCUT2D eigenvalue weighted by molar-refractivity contribution is 5.96. The van der Waals surface area contributed by atoms with Crippen LogP contribution in [0.15, 0.2) is 24.4 Å². The van der Waals surface area contributed by atoms with Gasteiger partial charge in [0.1, 0.15) is 11.2 Å². The molecule has 0 aliphatic carbocycles. The summed E-state index contributed by atoms with van der Waals surface area (Å²) < 4.78 is 7.04. The molecule has 0 unspecified atom stereocenters. The third-order valence-electron chi connectivity index (χ3n) is 3.33. The lowest BCUT2D eigenvalue weighted by atomic mass is 10.1. The molecule has 0 aliphatic rings. The number of rotatable bonds is 2. The van der Waals surface area contributed by atoms with Crippen LogP contribution in [-0.4, -0.2) is 26.9 Å². The fraction of sp³-hybridized carbons (Fsp3) is 0.267. The SMILES string of the molecule is CCOC(=O)c1nc(C)c2nc3ccccn3c2c1C. The van der Waals surface area contributed by atoms with Gasteiger partial charge in [0.2, 0.25) is 0 Å². The van der Waals surface area contributed by atoms with Gasteiger partial charge in [-0.15, -0.1) is 0 Å².